The molecule has 4 rings (SSSR count). The van der Waals surface area contributed by atoms with Gasteiger partial charge in [-0.2, -0.15) is 0 Å². The first-order valence-corrected chi connectivity index (χ1v) is 12.9. The molecule has 1 N–H and O–H groups in total. The van der Waals surface area contributed by atoms with Gasteiger partial charge in [-0.25, -0.2) is 18.2 Å². The Kier molecular flexibility index (Phi) is 6.47. The Balaban J connectivity index is 1.89. The first-order chi connectivity index (χ1) is 16.2. The smallest absolute Gasteiger partial charge is 0.327 e. The number of aromatic nitrogens is 3. The van der Waals surface area contributed by atoms with Gasteiger partial charge in [-0.15, -0.1) is 0 Å². The van der Waals surface area contributed by atoms with Gasteiger partial charge in [0.15, 0.2) is 5.75 Å². The summed E-state index contributed by atoms with van der Waals surface area (Å²) in [7, 11) is -1.96. The summed E-state index contributed by atoms with van der Waals surface area (Å²) in [6.45, 7) is 4.21. The van der Waals surface area contributed by atoms with E-state index in [2.05, 4.69) is 9.97 Å². The van der Waals surface area contributed by atoms with Crippen LogP contribution in [0.2, 0.25) is 0 Å². The fourth-order valence-electron chi connectivity index (χ4n) is 4.11. The van der Waals surface area contributed by atoms with E-state index in [4.69, 9.17) is 9.47 Å². The fourth-order valence-corrected chi connectivity index (χ4v) is 5.00. The second-order valence-corrected chi connectivity index (χ2v) is 10.3. The average Bonchev–Trinajstić information content (AvgIpc) is 3.12. The third kappa shape index (κ3) is 4.70. The van der Waals surface area contributed by atoms with E-state index in [0.717, 1.165) is 22.9 Å². The number of benzene rings is 2. The zero-order valence-corrected chi connectivity index (χ0v) is 20.3. The van der Waals surface area contributed by atoms with Crippen molar-refractivity contribution in [3.8, 4) is 22.8 Å². The highest BCUT2D eigenvalue weighted by Gasteiger charge is 2.26. The molecule has 0 saturated carbocycles. The minimum Gasteiger partial charge on any atom is -0.491 e. The molecule has 8 nitrogen and oxygen atoms in total. The van der Waals surface area contributed by atoms with E-state index in [9.17, 15) is 13.2 Å². The van der Waals surface area contributed by atoms with Gasteiger partial charge in [0, 0.05) is 6.26 Å². The summed E-state index contributed by atoms with van der Waals surface area (Å²) in [5, 5.41) is 0. The van der Waals surface area contributed by atoms with Crippen LogP contribution in [-0.4, -0.2) is 48.7 Å². The number of imidazole rings is 1. The molecule has 0 amide bonds. The van der Waals surface area contributed by atoms with Crippen molar-refractivity contribution in [2.75, 3.05) is 25.7 Å². The molecule has 0 unspecified atom stereocenters. The number of H-pyrrole nitrogens is 1. The number of methoxy groups -OCH3 is 1. The lowest BCUT2D eigenvalue weighted by Crippen LogP contribution is -2.29. The molecule has 178 valence electrons. The highest BCUT2D eigenvalue weighted by molar-refractivity contribution is 7.90. The van der Waals surface area contributed by atoms with Crippen LogP contribution in [0.3, 0.4) is 0 Å². The molecule has 2 heterocycles. The molecule has 0 radical (unpaired) electrons. The van der Waals surface area contributed by atoms with Crippen molar-refractivity contribution in [1.82, 2.24) is 14.5 Å². The summed E-state index contributed by atoms with van der Waals surface area (Å²) in [4.78, 5) is 20.5. The number of rotatable bonds is 8. The second kappa shape index (κ2) is 9.34. The lowest BCUT2D eigenvalue weighted by molar-refractivity contribution is 0.296. The molecular formula is C25H27N3O5S. The molecule has 34 heavy (non-hydrogen) atoms. The number of nitrogens with one attached hydrogen (secondary N) is 1. The normalized spacial score (nSPS) is 12.6. The van der Waals surface area contributed by atoms with Crippen LogP contribution in [-0.2, 0) is 9.84 Å². The van der Waals surface area contributed by atoms with Crippen LogP contribution in [0.25, 0.3) is 22.2 Å². The van der Waals surface area contributed by atoms with Crippen molar-refractivity contribution >= 4 is 20.9 Å². The zero-order chi connectivity index (χ0) is 24.5. The second-order valence-electron chi connectivity index (χ2n) is 8.13. The molecular weight excluding hydrogens is 454 g/mol. The van der Waals surface area contributed by atoms with Crippen molar-refractivity contribution in [3.05, 3.63) is 76.3 Å². The number of hydrogen-bond donors (Lipinski definition) is 1. The molecule has 0 spiro atoms. The van der Waals surface area contributed by atoms with Gasteiger partial charge in [-0.05, 0) is 54.8 Å². The zero-order valence-electron chi connectivity index (χ0n) is 19.5. The van der Waals surface area contributed by atoms with Crippen molar-refractivity contribution < 1.29 is 17.9 Å². The topological polar surface area (TPSA) is 103 Å². The number of fused-ring (bicyclic) bond motifs is 1. The summed E-state index contributed by atoms with van der Waals surface area (Å²) in [5.74, 6) is 0.373. The van der Waals surface area contributed by atoms with E-state index >= 15 is 0 Å². The van der Waals surface area contributed by atoms with Crippen LogP contribution in [0.15, 0.2) is 59.4 Å². The number of pyridine rings is 1. The highest BCUT2D eigenvalue weighted by Crippen LogP contribution is 2.31. The van der Waals surface area contributed by atoms with Gasteiger partial charge in [0.25, 0.3) is 5.88 Å². The monoisotopic (exact) mass is 481 g/mol. The third-order valence-corrected chi connectivity index (χ3v) is 6.56. The van der Waals surface area contributed by atoms with Gasteiger partial charge >= 0.3 is 5.69 Å². The van der Waals surface area contributed by atoms with E-state index < -0.39 is 21.6 Å². The van der Waals surface area contributed by atoms with Gasteiger partial charge in [0.1, 0.15) is 9.84 Å². The van der Waals surface area contributed by atoms with E-state index in [-0.39, 0.29) is 11.6 Å². The predicted molar refractivity (Wildman–Crippen MR) is 133 cm³/mol. The Morgan fingerprint density at radius 3 is 2.56 bits per heavy atom. The predicted octanol–water partition coefficient (Wildman–Crippen LogP) is 3.74. The molecule has 2 aromatic carbocycles. The number of ether oxygens (including phenoxy) is 2. The average molecular weight is 482 g/mol. The van der Waals surface area contributed by atoms with Gasteiger partial charge in [0.2, 0.25) is 0 Å². The van der Waals surface area contributed by atoms with Gasteiger partial charge in [-0.1, -0.05) is 30.3 Å². The standard InChI is InChI=1S/C25H27N3O5S/c1-5-33-24-23(32-3)13-11-19(26-24)22(15-34(4,30)31)28-21-12-10-17(14-20(21)27-25(28)29)18-9-7-6-8-16(18)2/h6-14,22H,5,15H2,1-4H3,(H,27,29)/t22-/m1/s1. The van der Waals surface area contributed by atoms with Crippen LogP contribution in [0.1, 0.15) is 24.2 Å². The van der Waals surface area contributed by atoms with Crippen LogP contribution in [0.4, 0.5) is 0 Å². The molecule has 0 bridgehead atoms. The molecule has 9 heteroatoms. The largest absolute Gasteiger partial charge is 0.491 e. The van der Waals surface area contributed by atoms with Crippen molar-refractivity contribution in [2.24, 2.45) is 0 Å². The third-order valence-electron chi connectivity index (χ3n) is 5.63. The van der Waals surface area contributed by atoms with E-state index in [1.54, 1.807) is 12.1 Å². The molecule has 0 fully saturated rings. The summed E-state index contributed by atoms with van der Waals surface area (Å²) >= 11 is 0. The summed E-state index contributed by atoms with van der Waals surface area (Å²) < 4.78 is 37.0. The van der Waals surface area contributed by atoms with Crippen molar-refractivity contribution in [3.63, 3.8) is 0 Å². The van der Waals surface area contributed by atoms with Gasteiger partial charge in [0.05, 0.1) is 42.2 Å². The molecule has 4 aromatic rings. The maximum Gasteiger partial charge on any atom is 0.327 e. The van der Waals surface area contributed by atoms with E-state index in [1.165, 1.54) is 11.7 Å². The molecule has 0 saturated heterocycles. The lowest BCUT2D eigenvalue weighted by atomic mass is 10.0. The quantitative estimate of drug-likeness (QED) is 0.411. The van der Waals surface area contributed by atoms with Crippen molar-refractivity contribution in [2.45, 2.75) is 19.9 Å². The molecule has 0 aliphatic rings. The highest BCUT2D eigenvalue weighted by atomic mass is 32.2. The number of aryl methyl sites for hydroxylation is 1. The fraction of sp³-hybridized carbons (Fsp3) is 0.280. The number of nitrogens with zero attached hydrogens (tertiary/aromatic N) is 2. The Hall–Kier alpha value is -3.59. The van der Waals surface area contributed by atoms with Crippen LogP contribution in [0.5, 0.6) is 11.6 Å². The van der Waals surface area contributed by atoms with Crippen LogP contribution in [0, 0.1) is 6.92 Å². The SMILES string of the molecule is CCOc1nc([C@@H](CS(C)(=O)=O)n2c(=O)[nH]c3cc(-c4ccccc4C)ccc32)ccc1OC. The number of sulfone groups is 1. The Morgan fingerprint density at radius 2 is 1.88 bits per heavy atom. The van der Waals surface area contributed by atoms with Gasteiger partial charge < -0.3 is 14.5 Å². The molecule has 1 atom stereocenters. The first kappa shape index (κ1) is 23.6. The Morgan fingerprint density at radius 1 is 1.12 bits per heavy atom. The molecule has 0 aliphatic carbocycles. The Bertz CT molecular complexity index is 1500. The summed E-state index contributed by atoms with van der Waals surface area (Å²) in [6, 6.07) is 16.1. The number of aromatic amines is 1. The summed E-state index contributed by atoms with van der Waals surface area (Å²) in [6.07, 6.45) is 1.14. The van der Waals surface area contributed by atoms with Crippen molar-refractivity contribution in [1.29, 1.82) is 0 Å². The maximum atomic E-state index is 13.1. The van der Waals surface area contributed by atoms with E-state index in [1.807, 2.05) is 56.3 Å². The minimum absolute atomic E-state index is 0.246. The van der Waals surface area contributed by atoms with Crippen LogP contribution >= 0.6 is 0 Å². The first-order valence-electron chi connectivity index (χ1n) is 10.9. The minimum atomic E-state index is -3.47. The molecule has 0 aliphatic heterocycles. The summed E-state index contributed by atoms with van der Waals surface area (Å²) in [5.41, 5.74) is 4.31. The maximum absolute atomic E-state index is 13.1. The van der Waals surface area contributed by atoms with E-state index in [0.29, 0.717) is 29.1 Å². The van der Waals surface area contributed by atoms with Crippen LogP contribution < -0.4 is 15.2 Å². The van der Waals surface area contributed by atoms with Gasteiger partial charge in [-0.3, -0.25) is 4.57 Å². The Labute approximate surface area is 198 Å². The lowest BCUT2D eigenvalue weighted by Gasteiger charge is -2.19. The number of hydrogen-bond acceptors (Lipinski definition) is 6. The molecule has 2 aromatic heterocycles.